The Labute approximate surface area is 162 Å². The number of aryl methyl sites for hydroxylation is 1. The Morgan fingerprint density at radius 2 is 1.85 bits per heavy atom. The molecule has 4 nitrogen and oxygen atoms in total. The lowest BCUT2D eigenvalue weighted by molar-refractivity contribution is 0.772. The molecule has 0 N–H and O–H groups in total. The van der Waals surface area contributed by atoms with Crippen LogP contribution in [-0.4, -0.2) is 15.9 Å². The van der Waals surface area contributed by atoms with Gasteiger partial charge in [-0.3, -0.25) is 4.79 Å². The van der Waals surface area contributed by atoms with Crippen molar-refractivity contribution in [2.24, 2.45) is 5.10 Å². The minimum absolute atomic E-state index is 0.152. The van der Waals surface area contributed by atoms with Crippen molar-refractivity contribution in [1.82, 2.24) is 9.66 Å². The first-order valence-electron chi connectivity index (χ1n) is 7.99. The summed E-state index contributed by atoms with van der Waals surface area (Å²) in [5.74, 6) is 0.567. The number of aromatic nitrogens is 2. The van der Waals surface area contributed by atoms with E-state index < -0.39 is 0 Å². The number of thiophene rings is 1. The van der Waals surface area contributed by atoms with Crippen LogP contribution in [0.2, 0.25) is 0 Å². The van der Waals surface area contributed by atoms with E-state index >= 15 is 0 Å². The minimum atomic E-state index is -0.152. The van der Waals surface area contributed by atoms with Crippen LogP contribution in [0.1, 0.15) is 11.4 Å². The Balaban J connectivity index is 1.85. The van der Waals surface area contributed by atoms with Crippen LogP contribution in [-0.2, 0) is 0 Å². The predicted octanol–water partition coefficient (Wildman–Crippen LogP) is 5.08. The fourth-order valence-electron chi connectivity index (χ4n) is 2.72. The van der Waals surface area contributed by atoms with Crippen LogP contribution in [0.4, 0.5) is 0 Å². The molecule has 0 saturated carbocycles. The second-order valence-corrected chi connectivity index (χ2v) is 7.54. The summed E-state index contributed by atoms with van der Waals surface area (Å²) in [6.45, 7) is 1.79. The molecule has 2 aromatic carbocycles. The average molecular weight is 424 g/mol. The molecule has 0 aliphatic carbocycles. The van der Waals surface area contributed by atoms with Gasteiger partial charge in [0.25, 0.3) is 5.56 Å². The molecule has 0 fully saturated rings. The zero-order valence-electron chi connectivity index (χ0n) is 13.9. The highest BCUT2D eigenvalue weighted by Crippen LogP contribution is 2.30. The van der Waals surface area contributed by atoms with Crippen LogP contribution >= 0.6 is 27.3 Å². The van der Waals surface area contributed by atoms with E-state index in [1.807, 2.05) is 60.0 Å². The summed E-state index contributed by atoms with van der Waals surface area (Å²) < 4.78 is 2.36. The van der Waals surface area contributed by atoms with Gasteiger partial charge < -0.3 is 0 Å². The topological polar surface area (TPSA) is 47.2 Å². The van der Waals surface area contributed by atoms with Gasteiger partial charge in [-0.25, -0.2) is 4.98 Å². The van der Waals surface area contributed by atoms with Crippen LogP contribution in [0.15, 0.2) is 74.3 Å². The molecule has 0 saturated heterocycles. The molecule has 0 atom stereocenters. The normalized spacial score (nSPS) is 11.5. The van der Waals surface area contributed by atoms with Crippen LogP contribution < -0.4 is 5.56 Å². The molecule has 26 heavy (non-hydrogen) atoms. The fourth-order valence-corrected chi connectivity index (χ4v) is 3.97. The first-order valence-corrected chi connectivity index (χ1v) is 9.67. The van der Waals surface area contributed by atoms with Gasteiger partial charge in [0.15, 0.2) is 0 Å². The third-order valence-electron chi connectivity index (χ3n) is 4.02. The maximum atomic E-state index is 13.1. The van der Waals surface area contributed by atoms with Crippen molar-refractivity contribution >= 4 is 43.7 Å². The van der Waals surface area contributed by atoms with Crippen molar-refractivity contribution in [1.29, 1.82) is 0 Å². The Morgan fingerprint density at radius 1 is 1.12 bits per heavy atom. The summed E-state index contributed by atoms with van der Waals surface area (Å²) in [5.41, 5.74) is 2.66. The van der Waals surface area contributed by atoms with E-state index in [2.05, 4.69) is 26.0 Å². The van der Waals surface area contributed by atoms with Crippen LogP contribution in [0, 0.1) is 6.92 Å². The van der Waals surface area contributed by atoms with E-state index in [1.54, 1.807) is 13.1 Å². The van der Waals surface area contributed by atoms with Gasteiger partial charge in [0, 0.05) is 15.4 Å². The third-order valence-corrected chi connectivity index (χ3v) is 5.43. The number of hydrogen-bond donors (Lipinski definition) is 0. The lowest BCUT2D eigenvalue weighted by Gasteiger charge is -2.05. The molecule has 0 bridgehead atoms. The third kappa shape index (κ3) is 3.13. The summed E-state index contributed by atoms with van der Waals surface area (Å²) in [4.78, 5) is 18.4. The highest BCUT2D eigenvalue weighted by atomic mass is 79.9. The van der Waals surface area contributed by atoms with E-state index in [4.69, 9.17) is 0 Å². The molecule has 0 aliphatic rings. The summed E-state index contributed by atoms with van der Waals surface area (Å²) in [6.07, 6.45) is 1.67. The van der Waals surface area contributed by atoms with Gasteiger partial charge in [0.2, 0.25) is 0 Å². The summed E-state index contributed by atoms with van der Waals surface area (Å²) in [7, 11) is 0. The number of benzene rings is 2. The van der Waals surface area contributed by atoms with Gasteiger partial charge in [-0.2, -0.15) is 9.78 Å². The lowest BCUT2D eigenvalue weighted by atomic mass is 10.1. The largest absolute Gasteiger partial charge is 0.283 e. The summed E-state index contributed by atoms with van der Waals surface area (Å²) >= 11 is 4.89. The van der Waals surface area contributed by atoms with Crippen molar-refractivity contribution in [2.75, 3.05) is 0 Å². The van der Waals surface area contributed by atoms with Crippen molar-refractivity contribution in [3.8, 4) is 11.1 Å². The first kappa shape index (κ1) is 16.9. The molecule has 0 aliphatic heterocycles. The molecule has 128 valence electrons. The second kappa shape index (κ2) is 6.97. The Morgan fingerprint density at radius 3 is 2.58 bits per heavy atom. The van der Waals surface area contributed by atoms with E-state index in [-0.39, 0.29) is 5.56 Å². The van der Waals surface area contributed by atoms with Crippen molar-refractivity contribution in [3.63, 3.8) is 0 Å². The molecule has 2 heterocycles. The molecule has 4 aromatic rings. The average Bonchev–Trinajstić information content (AvgIpc) is 3.07. The molecule has 0 radical (unpaired) electrons. The van der Waals surface area contributed by atoms with Crippen LogP contribution in [0.5, 0.6) is 0 Å². The van der Waals surface area contributed by atoms with Crippen LogP contribution in [0.25, 0.3) is 21.3 Å². The van der Waals surface area contributed by atoms with Crippen molar-refractivity contribution in [2.45, 2.75) is 6.92 Å². The molecule has 4 rings (SSSR count). The molecule has 0 spiro atoms. The monoisotopic (exact) mass is 423 g/mol. The van der Waals surface area contributed by atoms with Gasteiger partial charge in [-0.15, -0.1) is 11.3 Å². The maximum Gasteiger partial charge on any atom is 0.283 e. The Hall–Kier alpha value is -2.57. The molecule has 2 aromatic heterocycles. The molecule has 0 amide bonds. The van der Waals surface area contributed by atoms with Crippen molar-refractivity contribution in [3.05, 3.63) is 86.2 Å². The zero-order chi connectivity index (χ0) is 18.1. The highest BCUT2D eigenvalue weighted by Gasteiger charge is 2.14. The van der Waals surface area contributed by atoms with E-state index in [0.29, 0.717) is 11.2 Å². The van der Waals surface area contributed by atoms with Crippen molar-refractivity contribution < 1.29 is 0 Å². The van der Waals surface area contributed by atoms with Gasteiger partial charge in [-0.05, 0) is 30.2 Å². The number of nitrogens with zero attached hydrogens (tertiary/aromatic N) is 3. The Bertz CT molecular complexity index is 1160. The second-order valence-electron chi connectivity index (χ2n) is 5.77. The van der Waals surface area contributed by atoms with Gasteiger partial charge >= 0.3 is 0 Å². The highest BCUT2D eigenvalue weighted by molar-refractivity contribution is 9.10. The van der Waals surface area contributed by atoms with E-state index in [1.165, 1.54) is 16.0 Å². The van der Waals surface area contributed by atoms with Gasteiger partial charge in [0.1, 0.15) is 10.7 Å². The zero-order valence-corrected chi connectivity index (χ0v) is 16.3. The standard InChI is InChI=1S/C20H14BrN3OS/c1-13-23-19-18(17(12-26-19)15-5-3-2-4-6-15)20(25)24(13)22-11-14-7-9-16(21)10-8-14/h2-12H,1H3/b22-11+. The molecule has 0 unspecified atom stereocenters. The predicted molar refractivity (Wildman–Crippen MR) is 111 cm³/mol. The SMILES string of the molecule is Cc1nc2scc(-c3ccccc3)c2c(=O)n1/N=C/c1ccc(Br)cc1. The molecule has 6 heteroatoms. The maximum absolute atomic E-state index is 13.1. The lowest BCUT2D eigenvalue weighted by Crippen LogP contribution is -2.20. The minimum Gasteiger partial charge on any atom is -0.267 e. The van der Waals surface area contributed by atoms with E-state index in [0.717, 1.165) is 26.0 Å². The van der Waals surface area contributed by atoms with Gasteiger partial charge in [-0.1, -0.05) is 58.4 Å². The summed E-state index contributed by atoms with van der Waals surface area (Å²) in [5, 5.41) is 6.97. The quantitative estimate of drug-likeness (QED) is 0.431. The van der Waals surface area contributed by atoms with Gasteiger partial charge in [0.05, 0.1) is 11.6 Å². The number of fused-ring (bicyclic) bond motifs is 1. The smallest absolute Gasteiger partial charge is 0.267 e. The Kier molecular flexibility index (Phi) is 4.53. The fraction of sp³-hybridized carbons (Fsp3) is 0.0500. The number of rotatable bonds is 3. The summed E-state index contributed by atoms with van der Waals surface area (Å²) in [6, 6.07) is 17.6. The van der Waals surface area contributed by atoms with E-state index in [9.17, 15) is 4.79 Å². The first-order chi connectivity index (χ1) is 12.6. The molecular formula is C20H14BrN3OS. The van der Waals surface area contributed by atoms with Crippen LogP contribution in [0.3, 0.4) is 0 Å². The number of hydrogen-bond acceptors (Lipinski definition) is 4. The number of halogens is 1. The molecular weight excluding hydrogens is 410 g/mol.